The van der Waals surface area contributed by atoms with E-state index in [-0.39, 0.29) is 0 Å². The van der Waals surface area contributed by atoms with Crippen LogP contribution in [0.5, 0.6) is 5.75 Å². The molecule has 1 saturated heterocycles. The van der Waals surface area contributed by atoms with Gasteiger partial charge in [0.2, 0.25) is 0 Å². The summed E-state index contributed by atoms with van der Waals surface area (Å²) in [5, 5.41) is 3.56. The molecule has 1 N–H and O–H groups in total. The Morgan fingerprint density at radius 3 is 3.11 bits per heavy atom. The van der Waals surface area contributed by atoms with E-state index in [1.807, 2.05) is 12.1 Å². The Bertz CT molecular complexity index is 367. The van der Waals surface area contributed by atoms with E-state index in [1.54, 1.807) is 7.11 Å². The van der Waals surface area contributed by atoms with Crippen molar-refractivity contribution < 1.29 is 4.74 Å². The summed E-state index contributed by atoms with van der Waals surface area (Å²) in [5.41, 5.74) is 1.29. The fourth-order valence-corrected chi connectivity index (χ4v) is 2.71. The van der Waals surface area contributed by atoms with E-state index in [2.05, 4.69) is 29.3 Å². The van der Waals surface area contributed by atoms with Crippen molar-refractivity contribution in [3.8, 4) is 5.75 Å². The van der Waals surface area contributed by atoms with Gasteiger partial charge in [0.05, 0.1) is 7.11 Å². The van der Waals surface area contributed by atoms with Gasteiger partial charge in [-0.3, -0.25) is 4.90 Å². The Labute approximate surface area is 110 Å². The number of likely N-dealkylation sites (N-methyl/N-ethyl adjacent to an activating group) is 1. The Hall–Kier alpha value is -1.06. The van der Waals surface area contributed by atoms with E-state index in [4.69, 9.17) is 4.74 Å². The smallest absolute Gasteiger partial charge is 0.119 e. The maximum atomic E-state index is 5.23. The Balaban J connectivity index is 1.77. The largest absolute Gasteiger partial charge is 0.497 e. The standard InChI is InChI=1S/C15H24N2O/c1-3-17-9-5-7-14(17)12-16-11-13-6-4-8-15(10-13)18-2/h4,6,8,10,14,16H,3,5,7,9,11-12H2,1-2H3/t14-/m1/s1. The minimum absolute atomic E-state index is 0.723. The summed E-state index contributed by atoms with van der Waals surface area (Å²) < 4.78 is 5.23. The first-order valence-corrected chi connectivity index (χ1v) is 6.91. The lowest BCUT2D eigenvalue weighted by Crippen LogP contribution is -2.37. The minimum Gasteiger partial charge on any atom is -0.497 e. The van der Waals surface area contributed by atoms with Crippen LogP contribution in [0.2, 0.25) is 0 Å². The molecule has 1 fully saturated rings. The van der Waals surface area contributed by atoms with Gasteiger partial charge in [-0.2, -0.15) is 0 Å². The molecule has 1 heterocycles. The molecule has 0 bridgehead atoms. The third-order valence-corrected chi connectivity index (χ3v) is 3.75. The topological polar surface area (TPSA) is 24.5 Å². The van der Waals surface area contributed by atoms with Crippen LogP contribution in [0, 0.1) is 0 Å². The summed E-state index contributed by atoms with van der Waals surface area (Å²) in [7, 11) is 1.71. The van der Waals surface area contributed by atoms with Crippen molar-refractivity contribution in [2.24, 2.45) is 0 Å². The predicted octanol–water partition coefficient (Wildman–Crippen LogP) is 2.27. The lowest BCUT2D eigenvalue weighted by molar-refractivity contribution is 0.260. The number of benzene rings is 1. The molecule has 1 aliphatic rings. The maximum Gasteiger partial charge on any atom is 0.119 e. The second-order valence-corrected chi connectivity index (χ2v) is 4.91. The molecule has 0 amide bonds. The quantitative estimate of drug-likeness (QED) is 0.836. The van der Waals surface area contributed by atoms with Crippen LogP contribution in [0.25, 0.3) is 0 Å². The SMILES string of the molecule is CCN1CCC[C@@H]1CNCc1cccc(OC)c1. The van der Waals surface area contributed by atoms with Crippen molar-refractivity contribution in [2.45, 2.75) is 32.4 Å². The molecular formula is C15H24N2O. The van der Waals surface area contributed by atoms with E-state index >= 15 is 0 Å². The fourth-order valence-electron chi connectivity index (χ4n) is 2.71. The number of nitrogens with zero attached hydrogens (tertiary/aromatic N) is 1. The van der Waals surface area contributed by atoms with Crippen molar-refractivity contribution in [3.63, 3.8) is 0 Å². The normalized spacial score (nSPS) is 20.2. The van der Waals surface area contributed by atoms with Gasteiger partial charge in [0.25, 0.3) is 0 Å². The first kappa shape index (κ1) is 13.4. The monoisotopic (exact) mass is 248 g/mol. The number of likely N-dealkylation sites (tertiary alicyclic amines) is 1. The molecule has 0 unspecified atom stereocenters. The van der Waals surface area contributed by atoms with Crippen LogP contribution < -0.4 is 10.1 Å². The predicted molar refractivity (Wildman–Crippen MR) is 75.0 cm³/mol. The molecule has 0 radical (unpaired) electrons. The van der Waals surface area contributed by atoms with Crippen LogP contribution in [0.1, 0.15) is 25.3 Å². The molecule has 0 aliphatic carbocycles. The highest BCUT2D eigenvalue weighted by Gasteiger charge is 2.21. The van der Waals surface area contributed by atoms with Crippen molar-refractivity contribution in [1.29, 1.82) is 0 Å². The highest BCUT2D eigenvalue weighted by Crippen LogP contribution is 2.16. The van der Waals surface area contributed by atoms with Crippen molar-refractivity contribution >= 4 is 0 Å². The van der Waals surface area contributed by atoms with Gasteiger partial charge in [0.15, 0.2) is 0 Å². The van der Waals surface area contributed by atoms with Crippen LogP contribution in [-0.2, 0) is 6.54 Å². The van der Waals surface area contributed by atoms with Crippen LogP contribution in [0.4, 0.5) is 0 Å². The summed E-state index contributed by atoms with van der Waals surface area (Å²) in [6.07, 6.45) is 2.68. The number of hydrogen-bond acceptors (Lipinski definition) is 3. The van der Waals surface area contributed by atoms with E-state index in [0.29, 0.717) is 0 Å². The first-order chi connectivity index (χ1) is 8.83. The van der Waals surface area contributed by atoms with Gasteiger partial charge < -0.3 is 10.1 Å². The number of nitrogens with one attached hydrogen (secondary N) is 1. The third kappa shape index (κ3) is 3.47. The number of rotatable bonds is 6. The number of methoxy groups -OCH3 is 1. The molecule has 0 spiro atoms. The van der Waals surface area contributed by atoms with E-state index in [1.165, 1.54) is 31.5 Å². The molecule has 0 aromatic heterocycles. The Morgan fingerprint density at radius 2 is 2.33 bits per heavy atom. The second kappa shape index (κ2) is 6.76. The molecule has 0 saturated carbocycles. The number of hydrogen-bond donors (Lipinski definition) is 1. The Morgan fingerprint density at radius 1 is 1.44 bits per heavy atom. The second-order valence-electron chi connectivity index (χ2n) is 4.91. The first-order valence-electron chi connectivity index (χ1n) is 6.91. The number of ether oxygens (including phenoxy) is 1. The lowest BCUT2D eigenvalue weighted by Gasteiger charge is -2.23. The highest BCUT2D eigenvalue weighted by atomic mass is 16.5. The summed E-state index contributed by atoms with van der Waals surface area (Å²) in [5.74, 6) is 0.936. The molecule has 1 atom stereocenters. The minimum atomic E-state index is 0.723. The van der Waals surface area contributed by atoms with Crippen LogP contribution in [-0.4, -0.2) is 37.7 Å². The molecule has 18 heavy (non-hydrogen) atoms. The molecule has 3 heteroatoms. The zero-order valence-corrected chi connectivity index (χ0v) is 11.5. The summed E-state index contributed by atoms with van der Waals surface area (Å²) >= 11 is 0. The summed E-state index contributed by atoms with van der Waals surface area (Å²) in [6.45, 7) is 6.70. The van der Waals surface area contributed by atoms with Crippen molar-refractivity contribution in [1.82, 2.24) is 10.2 Å². The maximum absolute atomic E-state index is 5.23. The molecule has 1 aromatic rings. The van der Waals surface area contributed by atoms with E-state index in [9.17, 15) is 0 Å². The third-order valence-electron chi connectivity index (χ3n) is 3.75. The van der Waals surface area contributed by atoms with Crippen LogP contribution in [0.3, 0.4) is 0 Å². The van der Waals surface area contributed by atoms with Gasteiger partial charge in [-0.25, -0.2) is 0 Å². The van der Waals surface area contributed by atoms with Gasteiger partial charge in [0.1, 0.15) is 5.75 Å². The molecule has 3 nitrogen and oxygen atoms in total. The summed E-state index contributed by atoms with van der Waals surface area (Å²) in [4.78, 5) is 2.57. The Kier molecular flexibility index (Phi) is 5.02. The summed E-state index contributed by atoms with van der Waals surface area (Å²) in [6, 6.07) is 8.99. The van der Waals surface area contributed by atoms with Gasteiger partial charge in [-0.05, 0) is 43.6 Å². The van der Waals surface area contributed by atoms with Gasteiger partial charge in [-0.1, -0.05) is 19.1 Å². The zero-order valence-electron chi connectivity index (χ0n) is 11.5. The van der Waals surface area contributed by atoms with Gasteiger partial charge >= 0.3 is 0 Å². The van der Waals surface area contributed by atoms with Crippen LogP contribution in [0.15, 0.2) is 24.3 Å². The molecule has 1 aliphatic heterocycles. The molecular weight excluding hydrogens is 224 g/mol. The average molecular weight is 248 g/mol. The molecule has 100 valence electrons. The fraction of sp³-hybridized carbons (Fsp3) is 0.600. The van der Waals surface area contributed by atoms with Gasteiger partial charge in [-0.15, -0.1) is 0 Å². The average Bonchev–Trinajstić information content (AvgIpc) is 2.86. The van der Waals surface area contributed by atoms with Gasteiger partial charge in [0, 0.05) is 19.1 Å². The zero-order chi connectivity index (χ0) is 12.8. The lowest BCUT2D eigenvalue weighted by atomic mass is 10.2. The highest BCUT2D eigenvalue weighted by molar-refractivity contribution is 5.28. The van der Waals surface area contributed by atoms with Crippen molar-refractivity contribution in [2.75, 3.05) is 26.7 Å². The van der Waals surface area contributed by atoms with E-state index in [0.717, 1.165) is 24.9 Å². The van der Waals surface area contributed by atoms with Crippen molar-refractivity contribution in [3.05, 3.63) is 29.8 Å². The van der Waals surface area contributed by atoms with Crippen LogP contribution >= 0.6 is 0 Å². The molecule has 2 rings (SSSR count). The van der Waals surface area contributed by atoms with E-state index < -0.39 is 0 Å². The molecule has 1 aromatic carbocycles.